The second-order valence-corrected chi connectivity index (χ2v) is 6.15. The van der Waals surface area contributed by atoms with Crippen LogP contribution >= 0.6 is 0 Å². The fraction of sp³-hybridized carbons (Fsp3) is 0.0909. The average Bonchev–Trinajstić information content (AvgIpc) is 2.66. The molecule has 0 saturated carbocycles. The van der Waals surface area contributed by atoms with Crippen LogP contribution in [0.15, 0.2) is 66.7 Å². The van der Waals surface area contributed by atoms with Gasteiger partial charge < -0.3 is 4.90 Å². The van der Waals surface area contributed by atoms with Crippen molar-refractivity contribution in [2.45, 2.75) is 6.92 Å². The number of aromatic nitrogens is 1. The molecule has 3 nitrogen and oxygen atoms in total. The Hall–Kier alpha value is -3.38. The number of nitriles is 1. The molecule has 0 unspecified atom stereocenters. The van der Waals surface area contributed by atoms with Crippen LogP contribution in [0.5, 0.6) is 0 Å². The van der Waals surface area contributed by atoms with Crippen molar-refractivity contribution in [2.24, 2.45) is 0 Å². The molecule has 0 amide bonds. The average molecular weight is 323 g/mol. The quantitative estimate of drug-likeness (QED) is 0.500. The Balaban J connectivity index is 1.99. The molecule has 25 heavy (non-hydrogen) atoms. The lowest BCUT2D eigenvalue weighted by atomic mass is 10.0. The molecule has 0 aliphatic heterocycles. The summed E-state index contributed by atoms with van der Waals surface area (Å²) in [4.78, 5) is 6.78. The van der Waals surface area contributed by atoms with E-state index in [2.05, 4.69) is 71.5 Å². The lowest BCUT2D eigenvalue weighted by molar-refractivity contribution is 1.19. The third-order valence-corrected chi connectivity index (χ3v) is 4.56. The molecule has 0 radical (unpaired) electrons. The number of aryl methyl sites for hydroxylation is 1. The van der Waals surface area contributed by atoms with Crippen molar-refractivity contribution in [1.29, 1.82) is 5.26 Å². The van der Waals surface area contributed by atoms with Crippen molar-refractivity contribution >= 4 is 33.1 Å². The number of hydrogen-bond donors (Lipinski definition) is 0. The van der Waals surface area contributed by atoms with Gasteiger partial charge in [0.05, 0.1) is 16.8 Å². The molecule has 3 heteroatoms. The van der Waals surface area contributed by atoms with Crippen molar-refractivity contribution in [3.8, 4) is 6.07 Å². The van der Waals surface area contributed by atoms with Gasteiger partial charge in [-0.15, -0.1) is 0 Å². The standard InChI is InChI=1S/C22H17N3/c1-15-13-21(19-11-5-9-17(14-23)22(19)24-15)25(2)20-12-6-8-16-7-3-4-10-18(16)20/h3-13H,1-2H3. The lowest BCUT2D eigenvalue weighted by Crippen LogP contribution is -2.11. The largest absolute Gasteiger partial charge is 0.344 e. The van der Waals surface area contributed by atoms with Crippen molar-refractivity contribution in [2.75, 3.05) is 11.9 Å². The minimum atomic E-state index is 0.605. The van der Waals surface area contributed by atoms with Crippen LogP contribution in [0, 0.1) is 18.3 Å². The van der Waals surface area contributed by atoms with E-state index in [9.17, 15) is 5.26 Å². The molecule has 0 bridgehead atoms. The van der Waals surface area contributed by atoms with Gasteiger partial charge in [-0.1, -0.05) is 48.5 Å². The van der Waals surface area contributed by atoms with E-state index in [0.29, 0.717) is 5.56 Å². The van der Waals surface area contributed by atoms with E-state index in [4.69, 9.17) is 0 Å². The monoisotopic (exact) mass is 323 g/mol. The van der Waals surface area contributed by atoms with E-state index < -0.39 is 0 Å². The van der Waals surface area contributed by atoms with Crippen LogP contribution in [0.1, 0.15) is 11.3 Å². The Morgan fingerprint density at radius 3 is 2.44 bits per heavy atom. The molecule has 0 N–H and O–H groups in total. The molecular weight excluding hydrogens is 306 g/mol. The topological polar surface area (TPSA) is 39.9 Å². The van der Waals surface area contributed by atoms with Crippen molar-refractivity contribution < 1.29 is 0 Å². The van der Waals surface area contributed by atoms with Crippen LogP contribution in [0.2, 0.25) is 0 Å². The first-order valence-electron chi connectivity index (χ1n) is 8.21. The van der Waals surface area contributed by atoms with Crippen molar-refractivity contribution in [1.82, 2.24) is 4.98 Å². The number of benzene rings is 3. The van der Waals surface area contributed by atoms with Gasteiger partial charge in [0.15, 0.2) is 0 Å². The number of rotatable bonds is 2. The van der Waals surface area contributed by atoms with Gasteiger partial charge in [-0.2, -0.15) is 5.26 Å². The normalized spacial score (nSPS) is 10.8. The number of fused-ring (bicyclic) bond motifs is 2. The summed E-state index contributed by atoms with van der Waals surface area (Å²) >= 11 is 0. The number of pyridine rings is 1. The van der Waals surface area contributed by atoms with Gasteiger partial charge in [-0.05, 0) is 30.5 Å². The van der Waals surface area contributed by atoms with Crippen LogP contribution in [-0.2, 0) is 0 Å². The summed E-state index contributed by atoms with van der Waals surface area (Å²) in [6.07, 6.45) is 0. The highest BCUT2D eigenvalue weighted by Gasteiger charge is 2.14. The van der Waals surface area contributed by atoms with Gasteiger partial charge in [-0.25, -0.2) is 0 Å². The predicted octanol–water partition coefficient (Wildman–Crippen LogP) is 5.34. The SMILES string of the molecule is Cc1cc(N(C)c2cccc3ccccc23)c2cccc(C#N)c2n1. The van der Waals surface area contributed by atoms with E-state index in [-0.39, 0.29) is 0 Å². The molecule has 0 fully saturated rings. The Bertz CT molecular complexity index is 1130. The zero-order valence-electron chi connectivity index (χ0n) is 14.2. The summed E-state index contributed by atoms with van der Waals surface area (Å²) < 4.78 is 0. The molecule has 1 aromatic heterocycles. The van der Waals surface area contributed by atoms with Crippen LogP contribution in [0.25, 0.3) is 21.7 Å². The molecule has 0 spiro atoms. The summed E-state index contributed by atoms with van der Waals surface area (Å²) in [5.41, 5.74) is 4.45. The third kappa shape index (κ3) is 2.49. The highest BCUT2D eigenvalue weighted by molar-refractivity contribution is 6.01. The number of hydrogen-bond acceptors (Lipinski definition) is 3. The third-order valence-electron chi connectivity index (χ3n) is 4.56. The second kappa shape index (κ2) is 5.92. The predicted molar refractivity (Wildman–Crippen MR) is 103 cm³/mol. The first-order valence-corrected chi connectivity index (χ1v) is 8.21. The molecule has 4 aromatic rings. The van der Waals surface area contributed by atoms with Gasteiger partial charge in [0, 0.05) is 29.2 Å². The summed E-state index contributed by atoms with van der Waals surface area (Å²) in [5.74, 6) is 0. The van der Waals surface area contributed by atoms with E-state index in [1.807, 2.05) is 25.1 Å². The molecule has 3 aromatic carbocycles. The summed E-state index contributed by atoms with van der Waals surface area (Å²) in [6.45, 7) is 1.97. The fourth-order valence-corrected chi connectivity index (χ4v) is 3.35. The summed E-state index contributed by atoms with van der Waals surface area (Å²) in [5, 5.41) is 12.8. The van der Waals surface area contributed by atoms with Crippen molar-refractivity contribution in [3.05, 3.63) is 78.0 Å². The van der Waals surface area contributed by atoms with E-state index in [1.54, 1.807) is 0 Å². The molecule has 4 rings (SSSR count). The van der Waals surface area contributed by atoms with Gasteiger partial charge in [0.1, 0.15) is 6.07 Å². The van der Waals surface area contributed by atoms with E-state index in [1.165, 1.54) is 10.8 Å². The number of anilines is 2. The molecule has 0 saturated heterocycles. The first-order chi connectivity index (χ1) is 12.2. The Morgan fingerprint density at radius 2 is 1.60 bits per heavy atom. The van der Waals surface area contributed by atoms with Crippen LogP contribution < -0.4 is 4.90 Å². The maximum Gasteiger partial charge on any atom is 0.101 e. The Kier molecular flexibility index (Phi) is 3.59. The maximum atomic E-state index is 9.41. The van der Waals surface area contributed by atoms with Gasteiger partial charge in [0.2, 0.25) is 0 Å². The van der Waals surface area contributed by atoms with E-state index >= 15 is 0 Å². The van der Waals surface area contributed by atoms with Gasteiger partial charge in [0.25, 0.3) is 0 Å². The molecule has 0 aliphatic carbocycles. The first kappa shape index (κ1) is 15.2. The smallest absolute Gasteiger partial charge is 0.101 e. The minimum Gasteiger partial charge on any atom is -0.344 e. The van der Waals surface area contributed by atoms with Gasteiger partial charge in [-0.3, -0.25) is 4.98 Å². The Labute approximate surface area is 146 Å². The summed E-state index contributed by atoms with van der Waals surface area (Å²) in [6, 6.07) is 24.8. The fourth-order valence-electron chi connectivity index (χ4n) is 3.35. The van der Waals surface area contributed by atoms with Gasteiger partial charge >= 0.3 is 0 Å². The summed E-state index contributed by atoms with van der Waals surface area (Å²) in [7, 11) is 2.06. The van der Waals surface area contributed by atoms with Crippen LogP contribution in [-0.4, -0.2) is 12.0 Å². The molecule has 0 aliphatic rings. The molecule has 1 heterocycles. The highest BCUT2D eigenvalue weighted by atomic mass is 15.1. The Morgan fingerprint density at radius 1 is 0.880 bits per heavy atom. The molecule has 120 valence electrons. The lowest BCUT2D eigenvalue weighted by Gasteiger charge is -2.23. The number of nitrogens with zero attached hydrogens (tertiary/aromatic N) is 3. The molecule has 0 atom stereocenters. The zero-order chi connectivity index (χ0) is 17.4. The molecular formula is C22H17N3. The highest BCUT2D eigenvalue weighted by Crippen LogP contribution is 2.35. The van der Waals surface area contributed by atoms with E-state index in [0.717, 1.165) is 28.0 Å². The van der Waals surface area contributed by atoms with Crippen LogP contribution in [0.4, 0.5) is 11.4 Å². The minimum absolute atomic E-state index is 0.605. The number of para-hydroxylation sites is 1. The zero-order valence-corrected chi connectivity index (χ0v) is 14.2. The van der Waals surface area contributed by atoms with Crippen molar-refractivity contribution in [3.63, 3.8) is 0 Å². The second-order valence-electron chi connectivity index (χ2n) is 6.15. The maximum absolute atomic E-state index is 9.41. The van der Waals surface area contributed by atoms with Crippen LogP contribution in [0.3, 0.4) is 0 Å².